The molecule has 0 aromatic heterocycles. The highest BCUT2D eigenvalue weighted by Crippen LogP contribution is 2.13. The summed E-state index contributed by atoms with van der Waals surface area (Å²) in [5.74, 6) is -0.942. The third-order valence-electron chi connectivity index (χ3n) is 3.88. The fraction of sp³-hybridized carbons (Fsp3) is 0.650. The van der Waals surface area contributed by atoms with Gasteiger partial charge >= 0.3 is 5.97 Å². The topological polar surface area (TPSA) is 77.8 Å². The van der Waals surface area contributed by atoms with Gasteiger partial charge in [-0.2, -0.15) is 0 Å². The third kappa shape index (κ3) is 15.5. The van der Waals surface area contributed by atoms with Gasteiger partial charge in [-0.3, -0.25) is 0 Å². The van der Waals surface area contributed by atoms with Crippen molar-refractivity contribution in [2.45, 2.75) is 83.3 Å². The lowest BCUT2D eigenvalue weighted by Crippen LogP contribution is -2.25. The molecule has 2 unspecified atom stereocenters. The summed E-state index contributed by atoms with van der Waals surface area (Å²) in [7, 11) is 0. The fourth-order valence-electron chi connectivity index (χ4n) is 2.40. The number of carboxylic acids is 1. The van der Waals surface area contributed by atoms with Gasteiger partial charge in [-0.15, -0.1) is 0 Å². The number of aliphatic hydroxyl groups excluding tert-OH is 2. The summed E-state index contributed by atoms with van der Waals surface area (Å²) in [6.45, 7) is 2.13. The Labute approximate surface area is 146 Å². The number of unbranched alkanes of at least 4 members (excludes halogenated alkanes) is 6. The highest BCUT2D eigenvalue weighted by molar-refractivity contribution is 5.80. The van der Waals surface area contributed by atoms with Crippen LogP contribution in [0.25, 0.3) is 0 Å². The van der Waals surface area contributed by atoms with E-state index in [1.54, 1.807) is 6.08 Å². The number of carboxylic acid groups (broad SMARTS) is 1. The molecule has 0 aromatic rings. The maximum atomic E-state index is 10.2. The number of aliphatic hydroxyl groups is 2. The van der Waals surface area contributed by atoms with Gasteiger partial charge in [0.2, 0.25) is 0 Å². The minimum absolute atomic E-state index is 0.568. The van der Waals surface area contributed by atoms with Gasteiger partial charge in [0.1, 0.15) is 0 Å². The molecule has 0 fully saturated rings. The maximum absolute atomic E-state index is 10.2. The predicted molar refractivity (Wildman–Crippen MR) is 98.9 cm³/mol. The van der Waals surface area contributed by atoms with Gasteiger partial charge in [0.25, 0.3) is 0 Å². The summed E-state index contributed by atoms with van der Waals surface area (Å²) in [6, 6.07) is 0. The van der Waals surface area contributed by atoms with Crippen molar-refractivity contribution < 1.29 is 20.1 Å². The molecule has 0 saturated heterocycles. The van der Waals surface area contributed by atoms with Gasteiger partial charge in [0.15, 0.2) is 0 Å². The second-order valence-corrected chi connectivity index (χ2v) is 6.13. The van der Waals surface area contributed by atoms with Crippen LogP contribution in [0.3, 0.4) is 0 Å². The average molecular weight is 338 g/mol. The van der Waals surface area contributed by atoms with Gasteiger partial charge in [0.05, 0.1) is 12.2 Å². The van der Waals surface area contributed by atoms with Gasteiger partial charge in [-0.1, -0.05) is 75.8 Å². The zero-order chi connectivity index (χ0) is 18.0. The molecular formula is C20H34O4. The highest BCUT2D eigenvalue weighted by atomic mass is 16.4. The maximum Gasteiger partial charge on any atom is 0.328 e. The SMILES string of the molecule is CCCCCC(O)C(O)CCCCCCC=CC=CC=CC(=O)O. The molecule has 0 spiro atoms. The summed E-state index contributed by atoms with van der Waals surface area (Å²) < 4.78 is 0. The summed E-state index contributed by atoms with van der Waals surface area (Å²) in [6.07, 6.45) is 18.8. The molecule has 0 rings (SSSR count). The molecule has 0 amide bonds. The average Bonchev–Trinajstić information content (AvgIpc) is 2.55. The monoisotopic (exact) mass is 338 g/mol. The first-order valence-electron chi connectivity index (χ1n) is 9.16. The molecule has 0 bridgehead atoms. The molecule has 0 aromatic carbocycles. The van der Waals surface area contributed by atoms with Gasteiger partial charge in [0, 0.05) is 6.08 Å². The number of hydrogen-bond donors (Lipinski definition) is 3. The molecule has 0 heterocycles. The zero-order valence-corrected chi connectivity index (χ0v) is 14.9. The van der Waals surface area contributed by atoms with Crippen molar-refractivity contribution in [1.29, 1.82) is 0 Å². The van der Waals surface area contributed by atoms with Crippen molar-refractivity contribution in [3.05, 3.63) is 36.5 Å². The first-order chi connectivity index (χ1) is 11.6. The van der Waals surface area contributed by atoms with E-state index < -0.39 is 18.2 Å². The van der Waals surface area contributed by atoms with Crippen LogP contribution < -0.4 is 0 Å². The second kappa shape index (κ2) is 16.5. The molecule has 2 atom stereocenters. The molecule has 0 aliphatic carbocycles. The first-order valence-corrected chi connectivity index (χ1v) is 9.16. The zero-order valence-electron chi connectivity index (χ0n) is 14.9. The van der Waals surface area contributed by atoms with Crippen molar-refractivity contribution in [1.82, 2.24) is 0 Å². The molecule has 138 valence electrons. The molecule has 4 heteroatoms. The predicted octanol–water partition coefficient (Wildman–Crippen LogP) is 4.38. The van der Waals surface area contributed by atoms with E-state index in [1.165, 1.54) is 6.08 Å². The van der Waals surface area contributed by atoms with Crippen molar-refractivity contribution in [3.63, 3.8) is 0 Å². The smallest absolute Gasteiger partial charge is 0.328 e. The number of aliphatic carboxylic acids is 1. The molecule has 24 heavy (non-hydrogen) atoms. The van der Waals surface area contributed by atoms with Crippen LogP contribution in [0.15, 0.2) is 36.5 Å². The van der Waals surface area contributed by atoms with E-state index in [0.29, 0.717) is 12.8 Å². The van der Waals surface area contributed by atoms with E-state index in [-0.39, 0.29) is 0 Å². The minimum atomic E-state index is -0.942. The van der Waals surface area contributed by atoms with Gasteiger partial charge < -0.3 is 15.3 Å². The Bertz CT molecular complexity index is 385. The largest absolute Gasteiger partial charge is 0.478 e. The van der Waals surface area contributed by atoms with Crippen LogP contribution in [-0.4, -0.2) is 33.5 Å². The number of hydrogen-bond acceptors (Lipinski definition) is 3. The van der Waals surface area contributed by atoms with Crippen LogP contribution in [0, 0.1) is 0 Å². The van der Waals surface area contributed by atoms with Crippen LogP contribution in [0.4, 0.5) is 0 Å². The Balaban J connectivity index is 3.51. The van der Waals surface area contributed by atoms with E-state index in [4.69, 9.17) is 5.11 Å². The summed E-state index contributed by atoms with van der Waals surface area (Å²) in [5.41, 5.74) is 0. The lowest BCUT2D eigenvalue weighted by Gasteiger charge is -2.17. The van der Waals surface area contributed by atoms with Gasteiger partial charge in [-0.25, -0.2) is 4.79 Å². The van der Waals surface area contributed by atoms with Crippen molar-refractivity contribution in [3.8, 4) is 0 Å². The highest BCUT2D eigenvalue weighted by Gasteiger charge is 2.14. The van der Waals surface area contributed by atoms with Gasteiger partial charge in [-0.05, 0) is 25.7 Å². The fourth-order valence-corrected chi connectivity index (χ4v) is 2.40. The van der Waals surface area contributed by atoms with E-state index >= 15 is 0 Å². The summed E-state index contributed by atoms with van der Waals surface area (Å²) in [5, 5.41) is 28.1. The summed E-state index contributed by atoms with van der Waals surface area (Å²) in [4.78, 5) is 10.2. The Morgan fingerprint density at radius 1 is 0.833 bits per heavy atom. The van der Waals surface area contributed by atoms with Crippen molar-refractivity contribution in [2.24, 2.45) is 0 Å². The van der Waals surface area contributed by atoms with E-state index in [2.05, 4.69) is 13.0 Å². The van der Waals surface area contributed by atoms with Crippen molar-refractivity contribution in [2.75, 3.05) is 0 Å². The molecule has 0 radical (unpaired) electrons. The molecule has 0 aliphatic heterocycles. The molecular weight excluding hydrogens is 304 g/mol. The second-order valence-electron chi connectivity index (χ2n) is 6.13. The van der Waals surface area contributed by atoms with Crippen molar-refractivity contribution >= 4 is 5.97 Å². The molecule has 0 saturated carbocycles. The van der Waals surface area contributed by atoms with Crippen LogP contribution >= 0.6 is 0 Å². The van der Waals surface area contributed by atoms with Crippen LogP contribution in [0.5, 0.6) is 0 Å². The Morgan fingerprint density at radius 3 is 2.04 bits per heavy atom. The minimum Gasteiger partial charge on any atom is -0.478 e. The Morgan fingerprint density at radius 2 is 1.42 bits per heavy atom. The van der Waals surface area contributed by atoms with Crippen LogP contribution in [0.1, 0.15) is 71.1 Å². The lowest BCUT2D eigenvalue weighted by molar-refractivity contribution is -0.131. The molecule has 0 aliphatic rings. The number of rotatable bonds is 15. The van der Waals surface area contributed by atoms with E-state index in [1.807, 2.05) is 12.2 Å². The Hall–Kier alpha value is -1.39. The van der Waals surface area contributed by atoms with E-state index in [9.17, 15) is 15.0 Å². The van der Waals surface area contributed by atoms with Crippen LogP contribution in [0.2, 0.25) is 0 Å². The molecule has 4 nitrogen and oxygen atoms in total. The number of allylic oxidation sites excluding steroid dienone is 5. The Kier molecular flexibility index (Phi) is 15.5. The van der Waals surface area contributed by atoms with E-state index in [0.717, 1.165) is 57.4 Å². The quantitative estimate of drug-likeness (QED) is 0.235. The first kappa shape index (κ1) is 22.6. The standard InChI is InChI=1S/C20H34O4/c1-2-3-12-15-18(21)19(22)16-13-10-8-6-4-5-7-9-11-14-17-20(23)24/h5,7,9,11,14,17-19,21-22H,2-4,6,8,10,12-13,15-16H2,1H3,(H,23,24). The lowest BCUT2D eigenvalue weighted by atomic mass is 10.0. The summed E-state index contributed by atoms with van der Waals surface area (Å²) >= 11 is 0. The normalized spacial score (nSPS) is 14.8. The molecule has 3 N–H and O–H groups in total. The number of carbonyl (C=O) groups is 1. The third-order valence-corrected chi connectivity index (χ3v) is 3.88. The van der Waals surface area contributed by atoms with Crippen LogP contribution in [-0.2, 0) is 4.79 Å².